The van der Waals surface area contributed by atoms with Crippen LogP contribution < -0.4 is 5.32 Å². The van der Waals surface area contributed by atoms with Gasteiger partial charge in [-0.25, -0.2) is 8.78 Å². The molecule has 1 unspecified atom stereocenters. The molecule has 0 spiro atoms. The number of nitrogens with one attached hydrogen (secondary N) is 1. The topological polar surface area (TPSA) is 58.6 Å². The Morgan fingerprint density at radius 1 is 1.53 bits per heavy atom. The van der Waals surface area contributed by atoms with E-state index < -0.39 is 19.1 Å². The first-order valence-electron chi connectivity index (χ1n) is 5.48. The van der Waals surface area contributed by atoms with Gasteiger partial charge in [-0.05, 0) is 6.42 Å². The van der Waals surface area contributed by atoms with Crippen molar-refractivity contribution in [2.75, 3.05) is 26.3 Å². The van der Waals surface area contributed by atoms with E-state index in [2.05, 4.69) is 10.1 Å². The first kappa shape index (κ1) is 13.8. The van der Waals surface area contributed by atoms with Crippen LogP contribution in [0.5, 0.6) is 0 Å². The van der Waals surface area contributed by atoms with Crippen LogP contribution in [-0.2, 0) is 14.3 Å². The Kier molecular flexibility index (Phi) is 5.27. The average molecular weight is 250 g/mol. The minimum atomic E-state index is -2.52. The molecule has 17 heavy (non-hydrogen) atoms. The van der Waals surface area contributed by atoms with Gasteiger partial charge in [-0.15, -0.1) is 0 Å². The summed E-state index contributed by atoms with van der Waals surface area (Å²) in [5.41, 5.74) is 0. The molecule has 0 aromatic carbocycles. The fourth-order valence-corrected chi connectivity index (χ4v) is 1.59. The van der Waals surface area contributed by atoms with Gasteiger partial charge in [-0.1, -0.05) is 6.92 Å². The molecular weight excluding hydrogens is 234 g/mol. The fraction of sp³-hybridized carbons (Fsp3) is 0.800. The molecule has 1 aliphatic heterocycles. The van der Waals surface area contributed by atoms with Crippen molar-refractivity contribution in [3.8, 4) is 0 Å². The van der Waals surface area contributed by atoms with Crippen molar-refractivity contribution in [1.82, 2.24) is 10.2 Å². The van der Waals surface area contributed by atoms with Crippen LogP contribution in [-0.4, -0.2) is 55.5 Å². The predicted octanol–water partition coefficient (Wildman–Crippen LogP) is 0.00510. The van der Waals surface area contributed by atoms with Crippen molar-refractivity contribution < 1.29 is 23.1 Å². The highest BCUT2D eigenvalue weighted by molar-refractivity contribution is 5.94. The van der Waals surface area contributed by atoms with Crippen molar-refractivity contribution in [1.29, 1.82) is 0 Å². The maximum Gasteiger partial charge on any atom is 0.261 e. The highest BCUT2D eigenvalue weighted by Crippen LogP contribution is 2.05. The number of piperazine rings is 1. The Hall–Kier alpha value is -1.24. The third-order valence-corrected chi connectivity index (χ3v) is 2.44. The summed E-state index contributed by atoms with van der Waals surface area (Å²) in [6, 6.07) is -0.508. The molecule has 1 aliphatic rings. The zero-order valence-corrected chi connectivity index (χ0v) is 9.62. The number of hydrogen-bond donors (Lipinski definition) is 1. The third-order valence-electron chi connectivity index (χ3n) is 2.44. The van der Waals surface area contributed by atoms with Crippen molar-refractivity contribution in [2.24, 2.45) is 0 Å². The summed E-state index contributed by atoms with van der Waals surface area (Å²) in [6.45, 7) is 1.29. The summed E-state index contributed by atoms with van der Waals surface area (Å²) in [6.07, 6.45) is -2.00. The van der Waals surface area contributed by atoms with Crippen LogP contribution in [0, 0.1) is 0 Å². The summed E-state index contributed by atoms with van der Waals surface area (Å²) < 4.78 is 28.2. The van der Waals surface area contributed by atoms with Crippen LogP contribution in [0.3, 0.4) is 0 Å². The van der Waals surface area contributed by atoms with Crippen LogP contribution in [0.25, 0.3) is 0 Å². The Morgan fingerprint density at radius 3 is 2.82 bits per heavy atom. The van der Waals surface area contributed by atoms with Crippen molar-refractivity contribution >= 4 is 11.8 Å². The number of alkyl halides is 2. The smallest absolute Gasteiger partial charge is 0.261 e. The summed E-state index contributed by atoms with van der Waals surface area (Å²) in [5, 5.41) is 2.56. The molecule has 0 aromatic rings. The molecule has 5 nitrogen and oxygen atoms in total. The van der Waals surface area contributed by atoms with E-state index in [1.54, 1.807) is 6.92 Å². The molecule has 0 saturated carbocycles. The standard InChI is InChI=1S/C10H16F2N2O3/c1-2-7-10(16)14(5-9(15)13-7)3-4-17-6-8(11)12/h7-8H,2-6H2,1H3,(H,13,15). The normalized spacial score (nSPS) is 20.9. The van der Waals surface area contributed by atoms with Gasteiger partial charge in [0.2, 0.25) is 11.8 Å². The van der Waals surface area contributed by atoms with Gasteiger partial charge in [0, 0.05) is 6.54 Å². The molecular formula is C10H16F2N2O3. The average Bonchev–Trinajstić information content (AvgIpc) is 2.28. The molecule has 1 N–H and O–H groups in total. The van der Waals surface area contributed by atoms with E-state index in [0.29, 0.717) is 6.42 Å². The Labute approximate surface area is 98.1 Å². The molecule has 0 aromatic heterocycles. The second-order valence-electron chi connectivity index (χ2n) is 3.75. The molecule has 1 heterocycles. The van der Waals surface area contributed by atoms with Crippen LogP contribution in [0.1, 0.15) is 13.3 Å². The fourth-order valence-electron chi connectivity index (χ4n) is 1.59. The van der Waals surface area contributed by atoms with Crippen molar-refractivity contribution in [3.05, 3.63) is 0 Å². The monoisotopic (exact) mass is 250 g/mol. The maximum absolute atomic E-state index is 11.8. The number of rotatable bonds is 6. The lowest BCUT2D eigenvalue weighted by Crippen LogP contribution is -2.58. The maximum atomic E-state index is 11.8. The highest BCUT2D eigenvalue weighted by atomic mass is 19.3. The lowest BCUT2D eigenvalue weighted by Gasteiger charge is -2.31. The number of amides is 2. The van der Waals surface area contributed by atoms with Gasteiger partial charge in [0.05, 0.1) is 13.2 Å². The zero-order valence-electron chi connectivity index (χ0n) is 9.62. The Morgan fingerprint density at radius 2 is 2.24 bits per heavy atom. The second-order valence-corrected chi connectivity index (χ2v) is 3.75. The second kappa shape index (κ2) is 6.48. The van der Waals surface area contributed by atoms with Gasteiger partial charge in [0.15, 0.2) is 0 Å². The van der Waals surface area contributed by atoms with Gasteiger partial charge in [0.25, 0.3) is 6.43 Å². The lowest BCUT2D eigenvalue weighted by atomic mass is 10.1. The number of nitrogens with zero attached hydrogens (tertiary/aromatic N) is 1. The van der Waals surface area contributed by atoms with Gasteiger partial charge >= 0.3 is 0 Å². The molecule has 0 aliphatic carbocycles. The molecule has 98 valence electrons. The van der Waals surface area contributed by atoms with Crippen LogP contribution >= 0.6 is 0 Å². The number of hydrogen-bond acceptors (Lipinski definition) is 3. The molecule has 0 bridgehead atoms. The Balaban J connectivity index is 2.35. The minimum Gasteiger partial charge on any atom is -0.374 e. The molecule has 2 amide bonds. The molecule has 1 fully saturated rings. The van der Waals surface area contributed by atoms with Gasteiger partial charge in [-0.3, -0.25) is 9.59 Å². The number of ether oxygens (including phenoxy) is 1. The van der Waals surface area contributed by atoms with Gasteiger partial charge in [0.1, 0.15) is 12.6 Å². The lowest BCUT2D eigenvalue weighted by molar-refractivity contribution is -0.145. The largest absolute Gasteiger partial charge is 0.374 e. The summed E-state index contributed by atoms with van der Waals surface area (Å²) in [4.78, 5) is 24.3. The quantitative estimate of drug-likeness (QED) is 0.675. The van der Waals surface area contributed by atoms with Crippen LogP contribution in [0.4, 0.5) is 8.78 Å². The van der Waals surface area contributed by atoms with E-state index in [9.17, 15) is 18.4 Å². The van der Waals surface area contributed by atoms with E-state index in [1.165, 1.54) is 4.90 Å². The number of carbonyl (C=O) groups excluding carboxylic acids is 2. The van der Waals surface area contributed by atoms with Crippen molar-refractivity contribution in [3.63, 3.8) is 0 Å². The first-order chi connectivity index (χ1) is 8.04. The summed E-state index contributed by atoms with van der Waals surface area (Å²) in [5.74, 6) is -0.418. The highest BCUT2D eigenvalue weighted by Gasteiger charge is 2.30. The van der Waals surface area contributed by atoms with Crippen LogP contribution in [0.2, 0.25) is 0 Å². The van der Waals surface area contributed by atoms with E-state index >= 15 is 0 Å². The third kappa shape index (κ3) is 4.26. The first-order valence-corrected chi connectivity index (χ1v) is 5.48. The van der Waals surface area contributed by atoms with E-state index in [0.717, 1.165) is 0 Å². The summed E-state index contributed by atoms with van der Waals surface area (Å²) >= 11 is 0. The predicted molar refractivity (Wildman–Crippen MR) is 55.6 cm³/mol. The van der Waals surface area contributed by atoms with Gasteiger partial charge in [-0.2, -0.15) is 0 Å². The molecule has 1 rings (SSSR count). The zero-order chi connectivity index (χ0) is 12.8. The Bertz CT molecular complexity index is 287. The van der Waals surface area contributed by atoms with Crippen LogP contribution in [0.15, 0.2) is 0 Å². The molecule has 1 saturated heterocycles. The molecule has 0 radical (unpaired) electrons. The number of carbonyl (C=O) groups is 2. The minimum absolute atomic E-state index is 0.0137. The molecule has 1 atom stereocenters. The van der Waals surface area contributed by atoms with Crippen molar-refractivity contribution in [2.45, 2.75) is 25.8 Å². The number of halogens is 2. The van der Waals surface area contributed by atoms with Gasteiger partial charge < -0.3 is 15.0 Å². The SMILES string of the molecule is CCC1NC(=O)CN(CCOCC(F)F)C1=O. The van der Waals surface area contributed by atoms with E-state index in [-0.39, 0.29) is 31.5 Å². The van der Waals surface area contributed by atoms with E-state index in [1.807, 2.05) is 0 Å². The molecule has 7 heteroatoms. The van der Waals surface area contributed by atoms with E-state index in [4.69, 9.17) is 0 Å². The summed E-state index contributed by atoms with van der Waals surface area (Å²) in [7, 11) is 0.